The number of nitrogens with one attached hydrogen (secondary N) is 2. The highest BCUT2D eigenvalue weighted by atomic mass is 32.2. The SMILES string of the molecule is CCCS(=O)(=O)Nc1ccc(C(=O)N[C@@H](C(=O)O)C(C)C)cc1. The van der Waals surface area contributed by atoms with Gasteiger partial charge in [-0.05, 0) is 36.6 Å². The molecule has 1 aromatic rings. The third-order valence-corrected chi connectivity index (χ3v) is 4.61. The van der Waals surface area contributed by atoms with E-state index in [1.807, 2.05) is 0 Å². The van der Waals surface area contributed by atoms with Crippen LogP contribution in [0.15, 0.2) is 24.3 Å². The maximum absolute atomic E-state index is 12.0. The predicted octanol–water partition coefficient (Wildman–Crippen LogP) is 1.68. The van der Waals surface area contributed by atoms with Crippen LogP contribution in [0.4, 0.5) is 5.69 Å². The number of carbonyl (C=O) groups is 2. The molecule has 1 aromatic carbocycles. The lowest BCUT2D eigenvalue weighted by Gasteiger charge is -2.18. The van der Waals surface area contributed by atoms with Gasteiger partial charge in [-0.2, -0.15) is 0 Å². The lowest BCUT2D eigenvalue weighted by atomic mass is 10.0. The predicted molar refractivity (Wildman–Crippen MR) is 87.9 cm³/mol. The second-order valence-electron chi connectivity index (χ2n) is 5.53. The number of aliphatic carboxylic acids is 1. The Labute approximate surface area is 136 Å². The van der Waals surface area contributed by atoms with Crippen LogP contribution in [0.2, 0.25) is 0 Å². The first kappa shape index (κ1) is 19.0. The van der Waals surface area contributed by atoms with Gasteiger partial charge in [0.05, 0.1) is 5.75 Å². The Hall–Kier alpha value is -2.09. The lowest BCUT2D eigenvalue weighted by Crippen LogP contribution is -2.44. The van der Waals surface area contributed by atoms with Crippen LogP contribution in [0.25, 0.3) is 0 Å². The van der Waals surface area contributed by atoms with E-state index in [0.29, 0.717) is 12.1 Å². The first-order valence-electron chi connectivity index (χ1n) is 7.30. The van der Waals surface area contributed by atoms with Gasteiger partial charge in [0.1, 0.15) is 6.04 Å². The molecule has 0 spiro atoms. The summed E-state index contributed by atoms with van der Waals surface area (Å²) >= 11 is 0. The first-order chi connectivity index (χ1) is 10.7. The molecule has 0 aliphatic carbocycles. The third-order valence-electron chi connectivity index (χ3n) is 3.11. The topological polar surface area (TPSA) is 113 Å². The second kappa shape index (κ2) is 7.96. The number of carbonyl (C=O) groups excluding carboxylic acids is 1. The van der Waals surface area contributed by atoms with Gasteiger partial charge in [-0.25, -0.2) is 13.2 Å². The molecule has 0 saturated heterocycles. The van der Waals surface area contributed by atoms with Crippen molar-refractivity contribution in [1.82, 2.24) is 5.32 Å². The van der Waals surface area contributed by atoms with Crippen molar-refractivity contribution in [3.8, 4) is 0 Å². The van der Waals surface area contributed by atoms with E-state index in [9.17, 15) is 18.0 Å². The summed E-state index contributed by atoms with van der Waals surface area (Å²) in [5, 5.41) is 11.5. The van der Waals surface area contributed by atoms with Crippen molar-refractivity contribution >= 4 is 27.6 Å². The summed E-state index contributed by atoms with van der Waals surface area (Å²) in [4.78, 5) is 23.1. The molecule has 1 atom stereocenters. The number of rotatable bonds is 8. The van der Waals surface area contributed by atoms with Crippen molar-refractivity contribution in [1.29, 1.82) is 0 Å². The van der Waals surface area contributed by atoms with Crippen molar-refractivity contribution < 1.29 is 23.1 Å². The quantitative estimate of drug-likeness (QED) is 0.665. The van der Waals surface area contributed by atoms with Gasteiger partial charge >= 0.3 is 5.97 Å². The van der Waals surface area contributed by atoms with Crippen molar-refractivity contribution in [3.63, 3.8) is 0 Å². The van der Waals surface area contributed by atoms with E-state index in [-0.39, 0.29) is 17.2 Å². The number of hydrogen-bond acceptors (Lipinski definition) is 4. The van der Waals surface area contributed by atoms with Crippen LogP contribution < -0.4 is 10.0 Å². The molecule has 0 aromatic heterocycles. The van der Waals surface area contributed by atoms with E-state index >= 15 is 0 Å². The standard InChI is InChI=1S/C15H22N2O5S/c1-4-9-23(21,22)17-12-7-5-11(6-8-12)14(18)16-13(10(2)3)15(19)20/h5-8,10,13,17H,4,9H2,1-3H3,(H,16,18)(H,19,20)/t13-/m1/s1. The highest BCUT2D eigenvalue weighted by Crippen LogP contribution is 2.13. The van der Waals surface area contributed by atoms with E-state index in [0.717, 1.165) is 0 Å². The number of anilines is 1. The van der Waals surface area contributed by atoms with Gasteiger partial charge in [-0.15, -0.1) is 0 Å². The minimum absolute atomic E-state index is 0.0178. The average Bonchev–Trinajstić information content (AvgIpc) is 2.44. The number of sulfonamides is 1. The van der Waals surface area contributed by atoms with Crippen molar-refractivity contribution in [3.05, 3.63) is 29.8 Å². The molecule has 23 heavy (non-hydrogen) atoms. The molecule has 128 valence electrons. The molecule has 7 nitrogen and oxygen atoms in total. The molecule has 0 heterocycles. The highest BCUT2D eigenvalue weighted by Gasteiger charge is 2.23. The van der Waals surface area contributed by atoms with Gasteiger partial charge in [0.15, 0.2) is 0 Å². The van der Waals surface area contributed by atoms with Gasteiger partial charge in [0, 0.05) is 11.3 Å². The van der Waals surface area contributed by atoms with Crippen LogP contribution >= 0.6 is 0 Å². The molecule has 0 radical (unpaired) electrons. The molecule has 0 saturated carbocycles. The van der Waals surface area contributed by atoms with Crippen molar-refractivity contribution in [2.45, 2.75) is 33.2 Å². The molecule has 1 rings (SSSR count). The summed E-state index contributed by atoms with van der Waals surface area (Å²) in [5.74, 6) is -1.85. The molecule has 0 aliphatic rings. The fraction of sp³-hybridized carbons (Fsp3) is 0.467. The van der Waals surface area contributed by atoms with Gasteiger partial charge in [0.25, 0.3) is 5.91 Å². The maximum Gasteiger partial charge on any atom is 0.326 e. The Kier molecular flexibility index (Phi) is 6.56. The highest BCUT2D eigenvalue weighted by molar-refractivity contribution is 7.92. The number of benzene rings is 1. The number of carboxylic acid groups (broad SMARTS) is 1. The molecule has 3 N–H and O–H groups in total. The Morgan fingerprint density at radius 2 is 1.74 bits per heavy atom. The minimum atomic E-state index is -3.39. The summed E-state index contributed by atoms with van der Waals surface area (Å²) in [6.07, 6.45) is 0.502. The zero-order valence-corrected chi connectivity index (χ0v) is 14.2. The number of hydrogen-bond donors (Lipinski definition) is 3. The Morgan fingerprint density at radius 1 is 1.17 bits per heavy atom. The van der Waals surface area contributed by atoms with Gasteiger partial charge in [-0.3, -0.25) is 9.52 Å². The lowest BCUT2D eigenvalue weighted by molar-refractivity contribution is -0.140. The fourth-order valence-electron chi connectivity index (χ4n) is 1.93. The van der Waals surface area contributed by atoms with Crippen LogP contribution in [-0.2, 0) is 14.8 Å². The average molecular weight is 342 g/mol. The van der Waals surface area contributed by atoms with Crippen LogP contribution in [0.5, 0.6) is 0 Å². The normalized spacial score (nSPS) is 12.7. The van der Waals surface area contributed by atoms with Gasteiger partial charge < -0.3 is 10.4 Å². The summed E-state index contributed by atoms with van der Waals surface area (Å²) in [6.45, 7) is 5.16. The summed E-state index contributed by atoms with van der Waals surface area (Å²) < 4.78 is 25.7. The molecular weight excluding hydrogens is 320 g/mol. The van der Waals surface area contributed by atoms with E-state index in [1.54, 1.807) is 20.8 Å². The fourth-order valence-corrected chi connectivity index (χ4v) is 3.06. The largest absolute Gasteiger partial charge is 0.480 e. The Morgan fingerprint density at radius 3 is 2.17 bits per heavy atom. The summed E-state index contributed by atoms with van der Waals surface area (Å²) in [6, 6.07) is 4.84. The van der Waals surface area contributed by atoms with Crippen LogP contribution in [0.3, 0.4) is 0 Å². The summed E-state index contributed by atoms with van der Waals surface area (Å²) in [7, 11) is -3.39. The number of carboxylic acids is 1. The molecule has 0 bridgehead atoms. The van der Waals surface area contributed by atoms with Crippen molar-refractivity contribution in [2.75, 3.05) is 10.5 Å². The maximum atomic E-state index is 12.0. The van der Waals surface area contributed by atoms with Crippen LogP contribution in [-0.4, -0.2) is 37.2 Å². The molecule has 0 fully saturated rings. The first-order valence-corrected chi connectivity index (χ1v) is 8.95. The van der Waals surface area contributed by atoms with E-state index in [1.165, 1.54) is 24.3 Å². The Bertz CT molecular complexity index is 653. The molecule has 1 amide bonds. The van der Waals surface area contributed by atoms with E-state index in [4.69, 9.17) is 5.11 Å². The number of amides is 1. The van der Waals surface area contributed by atoms with Gasteiger partial charge in [0.2, 0.25) is 10.0 Å². The second-order valence-corrected chi connectivity index (χ2v) is 7.37. The Balaban J connectivity index is 2.80. The smallest absolute Gasteiger partial charge is 0.326 e. The monoisotopic (exact) mass is 342 g/mol. The van der Waals surface area contributed by atoms with Gasteiger partial charge in [-0.1, -0.05) is 20.8 Å². The summed E-state index contributed by atoms with van der Waals surface area (Å²) in [5.41, 5.74) is 0.615. The molecule has 0 aliphatic heterocycles. The third kappa shape index (κ3) is 5.90. The van der Waals surface area contributed by atoms with Crippen LogP contribution in [0, 0.1) is 5.92 Å². The van der Waals surface area contributed by atoms with Crippen molar-refractivity contribution in [2.24, 2.45) is 5.92 Å². The van der Waals surface area contributed by atoms with E-state index in [2.05, 4.69) is 10.0 Å². The van der Waals surface area contributed by atoms with E-state index < -0.39 is 27.9 Å². The molecule has 0 unspecified atom stereocenters. The minimum Gasteiger partial charge on any atom is -0.480 e. The zero-order valence-electron chi connectivity index (χ0n) is 13.4. The zero-order chi connectivity index (χ0) is 17.6. The molecular formula is C15H22N2O5S. The molecule has 8 heteroatoms. The van der Waals surface area contributed by atoms with Crippen LogP contribution in [0.1, 0.15) is 37.6 Å².